The Hall–Kier alpha value is -1.36. The van der Waals surface area contributed by atoms with Gasteiger partial charge in [-0.05, 0) is 18.1 Å². The number of hydrogen-bond acceptors (Lipinski definition) is 3. The summed E-state index contributed by atoms with van der Waals surface area (Å²) in [7, 11) is -3.56. The summed E-state index contributed by atoms with van der Waals surface area (Å²) in [5.41, 5.74) is 0.753. The number of fused-ring (bicyclic) bond motifs is 1. The largest absolute Gasteiger partial charge is 0.480 e. The predicted molar refractivity (Wildman–Crippen MR) is 61.0 cm³/mol. The van der Waals surface area contributed by atoms with Crippen LogP contribution in [0, 0.1) is 0 Å². The van der Waals surface area contributed by atoms with Crippen molar-refractivity contribution in [1.82, 2.24) is 0 Å². The van der Waals surface area contributed by atoms with Gasteiger partial charge in [-0.25, -0.2) is 0 Å². The molecule has 1 aliphatic heterocycles. The standard InChI is InChI=1S/C11H13NO3S/c1-2-7-15-11-8-9-5-3-4-6-10(9)16(13,14)12-11/h3-6H,2,7-8H2,1H3. The lowest BCUT2D eigenvalue weighted by atomic mass is 10.1. The van der Waals surface area contributed by atoms with E-state index in [-0.39, 0.29) is 0 Å². The molecule has 4 nitrogen and oxygen atoms in total. The van der Waals surface area contributed by atoms with Gasteiger partial charge in [0.2, 0.25) is 5.90 Å². The molecule has 0 saturated heterocycles. The van der Waals surface area contributed by atoms with Crippen LogP contribution in [0.25, 0.3) is 0 Å². The zero-order valence-corrected chi connectivity index (χ0v) is 9.83. The van der Waals surface area contributed by atoms with Gasteiger partial charge in [0, 0.05) is 0 Å². The van der Waals surface area contributed by atoms with E-state index in [0.717, 1.165) is 12.0 Å². The molecule has 0 fully saturated rings. The van der Waals surface area contributed by atoms with Gasteiger partial charge in [-0.15, -0.1) is 4.40 Å². The van der Waals surface area contributed by atoms with Crippen molar-refractivity contribution >= 4 is 15.9 Å². The number of ether oxygens (including phenoxy) is 1. The highest BCUT2D eigenvalue weighted by Gasteiger charge is 2.25. The van der Waals surface area contributed by atoms with Crippen molar-refractivity contribution in [3.8, 4) is 0 Å². The first-order valence-electron chi connectivity index (χ1n) is 5.18. The highest BCUT2D eigenvalue weighted by atomic mass is 32.2. The molecule has 0 amide bonds. The van der Waals surface area contributed by atoms with Crippen LogP contribution in [0.4, 0.5) is 0 Å². The normalized spacial score (nSPS) is 17.4. The Bertz CT molecular complexity index is 520. The molecule has 0 spiro atoms. The van der Waals surface area contributed by atoms with Crippen molar-refractivity contribution in [3.05, 3.63) is 29.8 Å². The SMILES string of the molecule is CCCOC1=NS(=O)(=O)c2ccccc2C1. The lowest BCUT2D eigenvalue weighted by Crippen LogP contribution is -2.19. The van der Waals surface area contributed by atoms with Gasteiger partial charge in [0.25, 0.3) is 10.0 Å². The molecule has 1 aromatic rings. The lowest BCUT2D eigenvalue weighted by molar-refractivity contribution is 0.298. The maximum Gasteiger partial charge on any atom is 0.285 e. The van der Waals surface area contributed by atoms with Crippen LogP contribution in [0.1, 0.15) is 18.9 Å². The molecular formula is C11H13NO3S. The van der Waals surface area contributed by atoms with Crippen LogP contribution < -0.4 is 0 Å². The minimum Gasteiger partial charge on any atom is -0.480 e. The molecular weight excluding hydrogens is 226 g/mol. The van der Waals surface area contributed by atoms with Gasteiger partial charge < -0.3 is 4.74 Å². The molecule has 0 bridgehead atoms. The van der Waals surface area contributed by atoms with Crippen LogP contribution in [0.2, 0.25) is 0 Å². The maximum atomic E-state index is 11.8. The molecule has 16 heavy (non-hydrogen) atoms. The van der Waals surface area contributed by atoms with E-state index in [1.807, 2.05) is 13.0 Å². The molecule has 0 unspecified atom stereocenters. The molecule has 0 atom stereocenters. The number of rotatable bonds is 2. The van der Waals surface area contributed by atoms with E-state index in [1.54, 1.807) is 18.2 Å². The van der Waals surface area contributed by atoms with Crippen molar-refractivity contribution < 1.29 is 13.2 Å². The smallest absolute Gasteiger partial charge is 0.285 e. The van der Waals surface area contributed by atoms with Gasteiger partial charge in [0.05, 0.1) is 17.9 Å². The second kappa shape index (κ2) is 4.25. The molecule has 0 aliphatic carbocycles. The van der Waals surface area contributed by atoms with Crippen LogP contribution in [-0.2, 0) is 21.2 Å². The van der Waals surface area contributed by atoms with E-state index in [0.29, 0.717) is 23.8 Å². The summed E-state index contributed by atoms with van der Waals surface area (Å²) in [5.74, 6) is 0.292. The average molecular weight is 239 g/mol. The molecule has 0 saturated carbocycles. The number of benzene rings is 1. The summed E-state index contributed by atoms with van der Waals surface area (Å²) in [6.07, 6.45) is 1.29. The number of hydrogen-bond donors (Lipinski definition) is 0. The Balaban J connectivity index is 2.36. The molecule has 2 rings (SSSR count). The molecule has 86 valence electrons. The van der Waals surface area contributed by atoms with Gasteiger partial charge in [-0.2, -0.15) is 8.42 Å². The van der Waals surface area contributed by atoms with E-state index in [1.165, 1.54) is 0 Å². The summed E-state index contributed by atoms with van der Waals surface area (Å²) in [5, 5.41) is 0. The second-order valence-corrected chi connectivity index (χ2v) is 5.17. The molecule has 0 N–H and O–H groups in total. The highest BCUT2D eigenvalue weighted by Crippen LogP contribution is 2.23. The van der Waals surface area contributed by atoms with Crippen LogP contribution in [0.5, 0.6) is 0 Å². The zero-order valence-electron chi connectivity index (χ0n) is 9.01. The van der Waals surface area contributed by atoms with Gasteiger partial charge >= 0.3 is 0 Å². The van der Waals surface area contributed by atoms with Crippen LogP contribution in [-0.4, -0.2) is 20.9 Å². The third kappa shape index (κ3) is 2.09. The van der Waals surface area contributed by atoms with Crippen molar-refractivity contribution in [2.75, 3.05) is 6.61 Å². The summed E-state index contributed by atoms with van der Waals surface area (Å²) in [6, 6.07) is 6.88. The summed E-state index contributed by atoms with van der Waals surface area (Å²) >= 11 is 0. The fraction of sp³-hybridized carbons (Fsp3) is 0.364. The first kappa shape index (κ1) is 11.1. The minimum absolute atomic E-state index is 0.291. The summed E-state index contributed by atoms with van der Waals surface area (Å²) in [6.45, 7) is 2.46. The third-order valence-electron chi connectivity index (χ3n) is 2.29. The minimum atomic E-state index is -3.56. The van der Waals surface area contributed by atoms with E-state index in [4.69, 9.17) is 4.74 Å². The highest BCUT2D eigenvalue weighted by molar-refractivity contribution is 7.90. The van der Waals surface area contributed by atoms with Crippen molar-refractivity contribution in [2.24, 2.45) is 4.40 Å². The van der Waals surface area contributed by atoms with E-state index >= 15 is 0 Å². The molecule has 1 aliphatic rings. The summed E-state index contributed by atoms with van der Waals surface area (Å²) < 4.78 is 32.5. The van der Waals surface area contributed by atoms with E-state index in [9.17, 15) is 8.42 Å². The molecule has 1 aromatic carbocycles. The van der Waals surface area contributed by atoms with Gasteiger partial charge in [0.15, 0.2) is 0 Å². The Kier molecular flexibility index (Phi) is 2.96. The monoisotopic (exact) mass is 239 g/mol. The van der Waals surface area contributed by atoms with Crippen LogP contribution in [0.15, 0.2) is 33.6 Å². The Labute approximate surface area is 95.0 Å². The van der Waals surface area contributed by atoms with Crippen molar-refractivity contribution in [1.29, 1.82) is 0 Å². The lowest BCUT2D eigenvalue weighted by Gasteiger charge is -2.15. The molecule has 1 heterocycles. The zero-order chi connectivity index (χ0) is 11.6. The second-order valence-electron chi connectivity index (χ2n) is 3.59. The first-order valence-corrected chi connectivity index (χ1v) is 6.62. The quantitative estimate of drug-likeness (QED) is 0.790. The van der Waals surface area contributed by atoms with E-state index in [2.05, 4.69) is 4.40 Å². The van der Waals surface area contributed by atoms with Crippen molar-refractivity contribution in [3.63, 3.8) is 0 Å². The van der Waals surface area contributed by atoms with Gasteiger partial charge in [-0.1, -0.05) is 25.1 Å². The maximum absolute atomic E-state index is 11.8. The van der Waals surface area contributed by atoms with Gasteiger partial charge in [-0.3, -0.25) is 0 Å². The predicted octanol–water partition coefficient (Wildman–Crippen LogP) is 1.76. The molecule has 5 heteroatoms. The molecule has 0 aromatic heterocycles. The fourth-order valence-electron chi connectivity index (χ4n) is 1.58. The Morgan fingerprint density at radius 3 is 2.88 bits per heavy atom. The van der Waals surface area contributed by atoms with Crippen molar-refractivity contribution in [2.45, 2.75) is 24.7 Å². The van der Waals surface area contributed by atoms with Crippen LogP contribution >= 0.6 is 0 Å². The first-order chi connectivity index (χ1) is 7.63. The average Bonchev–Trinajstić information content (AvgIpc) is 2.25. The number of sulfonamides is 1. The Morgan fingerprint density at radius 1 is 1.38 bits per heavy atom. The van der Waals surface area contributed by atoms with Crippen LogP contribution in [0.3, 0.4) is 0 Å². The van der Waals surface area contributed by atoms with Gasteiger partial charge in [0.1, 0.15) is 0 Å². The molecule has 0 radical (unpaired) electrons. The third-order valence-corrected chi connectivity index (χ3v) is 3.69. The topological polar surface area (TPSA) is 55.7 Å². The van der Waals surface area contributed by atoms with E-state index < -0.39 is 10.0 Å². The Morgan fingerprint density at radius 2 is 2.12 bits per heavy atom. The summed E-state index contributed by atoms with van der Waals surface area (Å²) in [4.78, 5) is 0.291. The fourth-order valence-corrected chi connectivity index (χ4v) is 2.78. The number of nitrogens with zero attached hydrogens (tertiary/aromatic N) is 1.